The van der Waals surface area contributed by atoms with Crippen LogP contribution in [0.5, 0.6) is 0 Å². The highest BCUT2D eigenvalue weighted by Crippen LogP contribution is 2.59. The molecule has 1 aromatic carbocycles. The van der Waals surface area contributed by atoms with Crippen molar-refractivity contribution in [2.24, 2.45) is 5.92 Å². The smallest absolute Gasteiger partial charge is 0.331 e. The SMILES string of the molecule is CO[C@@H]1[C@H](OC(=O)/C=C/c2ccc([N+](=O)[O-])c(Cl)c2)CC[C@]2(CO2)[C@H]1[C@@]1(C)O[C@@H]1CC=C(C)C. The zero-order valence-corrected chi connectivity index (χ0v) is 20.5. The summed E-state index contributed by atoms with van der Waals surface area (Å²) in [6, 6.07) is 4.26. The maximum atomic E-state index is 12.6. The second kappa shape index (κ2) is 9.41. The topological polar surface area (TPSA) is 104 Å². The van der Waals surface area contributed by atoms with Gasteiger partial charge in [0.15, 0.2) is 0 Å². The van der Waals surface area contributed by atoms with Crippen molar-refractivity contribution in [1.82, 2.24) is 0 Å². The average molecular weight is 492 g/mol. The van der Waals surface area contributed by atoms with Gasteiger partial charge in [-0.3, -0.25) is 10.1 Å². The maximum absolute atomic E-state index is 12.6. The van der Waals surface area contributed by atoms with Crippen LogP contribution >= 0.6 is 11.6 Å². The summed E-state index contributed by atoms with van der Waals surface area (Å²) in [6.45, 7) is 6.89. The number of hydrogen-bond acceptors (Lipinski definition) is 7. The lowest BCUT2D eigenvalue weighted by Gasteiger charge is -2.42. The molecule has 2 saturated heterocycles. The van der Waals surface area contributed by atoms with Gasteiger partial charge in [0, 0.05) is 19.3 Å². The number of carbonyl (C=O) groups excluding carboxylic acids is 1. The minimum absolute atomic E-state index is 0.00478. The molecule has 1 saturated carbocycles. The van der Waals surface area contributed by atoms with Gasteiger partial charge in [-0.15, -0.1) is 0 Å². The van der Waals surface area contributed by atoms with E-state index in [1.165, 1.54) is 35.9 Å². The van der Waals surface area contributed by atoms with Gasteiger partial charge in [0.1, 0.15) is 28.4 Å². The molecule has 0 aromatic heterocycles. The van der Waals surface area contributed by atoms with Gasteiger partial charge in [-0.05, 0) is 63.8 Å². The Morgan fingerprint density at radius 2 is 2.12 bits per heavy atom. The van der Waals surface area contributed by atoms with E-state index in [0.717, 1.165) is 12.8 Å². The molecule has 34 heavy (non-hydrogen) atoms. The van der Waals surface area contributed by atoms with Gasteiger partial charge < -0.3 is 18.9 Å². The minimum Gasteiger partial charge on any atom is -0.456 e. The van der Waals surface area contributed by atoms with Crippen LogP contribution in [0.25, 0.3) is 6.08 Å². The Hall–Kier alpha value is -2.26. The number of esters is 1. The fourth-order valence-electron chi connectivity index (χ4n) is 5.20. The minimum atomic E-state index is -0.556. The van der Waals surface area contributed by atoms with Crippen LogP contribution in [0.1, 0.15) is 45.6 Å². The fourth-order valence-corrected chi connectivity index (χ4v) is 5.46. The van der Waals surface area contributed by atoms with Crippen molar-refractivity contribution in [3.63, 3.8) is 0 Å². The van der Waals surface area contributed by atoms with Crippen molar-refractivity contribution < 1.29 is 28.7 Å². The third-order valence-corrected chi connectivity index (χ3v) is 7.39. The van der Waals surface area contributed by atoms with Crippen LogP contribution in [-0.2, 0) is 23.7 Å². The summed E-state index contributed by atoms with van der Waals surface area (Å²) in [7, 11) is 1.63. The summed E-state index contributed by atoms with van der Waals surface area (Å²) in [6.07, 6.45) is 6.50. The van der Waals surface area contributed by atoms with Crippen molar-refractivity contribution >= 4 is 29.3 Å². The molecule has 3 fully saturated rings. The molecule has 1 aromatic rings. The van der Waals surface area contributed by atoms with Gasteiger partial charge >= 0.3 is 5.97 Å². The summed E-state index contributed by atoms with van der Waals surface area (Å²) in [5.41, 5.74) is 0.925. The van der Waals surface area contributed by atoms with Crippen LogP contribution in [0.15, 0.2) is 35.9 Å². The zero-order valence-electron chi connectivity index (χ0n) is 19.8. The first-order valence-electron chi connectivity index (χ1n) is 11.4. The number of methoxy groups -OCH3 is 1. The molecule has 6 atom stereocenters. The Morgan fingerprint density at radius 1 is 1.38 bits per heavy atom. The van der Waals surface area contributed by atoms with Crippen molar-refractivity contribution in [2.75, 3.05) is 13.7 Å². The maximum Gasteiger partial charge on any atom is 0.331 e. The monoisotopic (exact) mass is 491 g/mol. The highest BCUT2D eigenvalue weighted by molar-refractivity contribution is 6.32. The Bertz CT molecular complexity index is 1030. The second-order valence-corrected chi connectivity index (χ2v) is 10.1. The molecule has 4 rings (SSSR count). The standard InChI is InChI=1S/C25H30ClNO7/c1-15(2)5-9-20-24(3,34-20)23-22(31-4)19(11-12-25(23)14-32-25)33-21(28)10-7-16-6-8-18(27(29)30)17(26)13-16/h5-8,10,13,19-20,22-23H,9,11-12,14H2,1-4H3/b10-7+/t19-,20-,22-,23-,24+,25+/m1/s1. The molecule has 1 aliphatic carbocycles. The number of allylic oxidation sites excluding steroid dienone is 1. The third-order valence-electron chi connectivity index (χ3n) is 7.08. The normalized spacial score (nSPS) is 34.1. The van der Waals surface area contributed by atoms with Gasteiger partial charge in [-0.25, -0.2) is 4.79 Å². The number of nitro groups is 1. The predicted octanol–water partition coefficient (Wildman–Crippen LogP) is 4.88. The Balaban J connectivity index is 1.44. The Labute approximate surface area is 204 Å². The van der Waals surface area contributed by atoms with Crippen LogP contribution in [0.3, 0.4) is 0 Å². The number of benzene rings is 1. The molecule has 0 N–H and O–H groups in total. The van der Waals surface area contributed by atoms with E-state index in [9.17, 15) is 14.9 Å². The van der Waals surface area contributed by atoms with Crippen molar-refractivity contribution in [3.8, 4) is 0 Å². The van der Waals surface area contributed by atoms with Gasteiger partial charge in [-0.1, -0.05) is 23.3 Å². The van der Waals surface area contributed by atoms with E-state index in [1.807, 2.05) is 0 Å². The van der Waals surface area contributed by atoms with Gasteiger partial charge in [0.05, 0.1) is 23.6 Å². The van der Waals surface area contributed by atoms with Crippen molar-refractivity contribution in [1.29, 1.82) is 0 Å². The van der Waals surface area contributed by atoms with Crippen LogP contribution in [0, 0.1) is 16.0 Å². The lowest BCUT2D eigenvalue weighted by molar-refractivity contribution is -0.384. The first-order chi connectivity index (χ1) is 16.1. The first-order valence-corrected chi connectivity index (χ1v) is 11.8. The molecular weight excluding hydrogens is 462 g/mol. The number of halogens is 1. The molecular formula is C25H30ClNO7. The van der Waals surface area contributed by atoms with E-state index < -0.39 is 22.6 Å². The molecule has 0 radical (unpaired) electrons. The van der Waals surface area contributed by atoms with Crippen LogP contribution < -0.4 is 0 Å². The summed E-state index contributed by atoms with van der Waals surface area (Å²) in [5, 5.41) is 10.9. The largest absolute Gasteiger partial charge is 0.456 e. The summed E-state index contributed by atoms with van der Waals surface area (Å²) < 4.78 is 23.8. The van der Waals surface area contributed by atoms with E-state index in [1.54, 1.807) is 7.11 Å². The average Bonchev–Trinajstić information content (AvgIpc) is 3.69. The lowest BCUT2D eigenvalue weighted by Crippen LogP contribution is -2.55. The van der Waals surface area contributed by atoms with Crippen LogP contribution in [0.4, 0.5) is 5.69 Å². The molecule has 0 amide bonds. The van der Waals surface area contributed by atoms with E-state index >= 15 is 0 Å². The van der Waals surface area contributed by atoms with E-state index in [-0.39, 0.29) is 34.4 Å². The number of carbonyl (C=O) groups is 1. The molecule has 184 valence electrons. The number of ether oxygens (including phenoxy) is 4. The fraction of sp³-hybridized carbons (Fsp3) is 0.560. The second-order valence-electron chi connectivity index (χ2n) is 9.65. The number of hydrogen-bond donors (Lipinski definition) is 0. The molecule has 0 bridgehead atoms. The zero-order chi connectivity index (χ0) is 24.7. The molecule has 3 aliphatic rings. The predicted molar refractivity (Wildman–Crippen MR) is 127 cm³/mol. The van der Waals surface area contributed by atoms with Gasteiger partial charge in [0.25, 0.3) is 5.69 Å². The summed E-state index contributed by atoms with van der Waals surface area (Å²) in [4.78, 5) is 23.0. The van der Waals surface area contributed by atoms with Crippen LogP contribution in [-0.4, -0.2) is 54.1 Å². The molecule has 2 aliphatic heterocycles. The van der Waals surface area contributed by atoms with Gasteiger partial charge in [-0.2, -0.15) is 0 Å². The Kier molecular flexibility index (Phi) is 6.88. The highest BCUT2D eigenvalue weighted by atomic mass is 35.5. The van der Waals surface area contributed by atoms with Crippen molar-refractivity contribution in [3.05, 3.63) is 56.6 Å². The van der Waals surface area contributed by atoms with Crippen LogP contribution in [0.2, 0.25) is 5.02 Å². The molecule has 8 nitrogen and oxygen atoms in total. The molecule has 1 spiro atoms. The number of nitrogens with zero attached hydrogens (tertiary/aromatic N) is 1. The molecule has 9 heteroatoms. The Morgan fingerprint density at radius 3 is 2.71 bits per heavy atom. The van der Waals surface area contributed by atoms with E-state index in [2.05, 4.69) is 26.8 Å². The van der Waals surface area contributed by atoms with Crippen molar-refractivity contribution in [2.45, 2.75) is 69.5 Å². The number of rotatable bonds is 8. The third kappa shape index (κ3) is 4.91. The lowest BCUT2D eigenvalue weighted by atomic mass is 9.68. The van der Waals surface area contributed by atoms with Gasteiger partial charge in [0.2, 0.25) is 0 Å². The quantitative estimate of drug-likeness (QED) is 0.127. The molecule has 2 heterocycles. The summed E-state index contributed by atoms with van der Waals surface area (Å²) >= 11 is 5.95. The first kappa shape index (κ1) is 24.9. The van der Waals surface area contributed by atoms with E-state index in [0.29, 0.717) is 18.6 Å². The number of nitro benzene ring substituents is 1. The number of epoxide rings is 2. The summed E-state index contributed by atoms with van der Waals surface area (Å²) in [5.74, 6) is -0.569. The van der Waals surface area contributed by atoms with E-state index in [4.69, 9.17) is 30.5 Å². The highest BCUT2D eigenvalue weighted by Gasteiger charge is 2.72. The molecule has 0 unspecified atom stereocenters.